The van der Waals surface area contributed by atoms with Crippen molar-refractivity contribution in [3.05, 3.63) is 65.2 Å². The molecule has 0 aliphatic carbocycles. The molecule has 0 spiro atoms. The maximum atomic E-state index is 13.5. The molecule has 4 saturated heterocycles. The zero-order valence-electron chi connectivity index (χ0n) is 15.7. The van der Waals surface area contributed by atoms with Gasteiger partial charge in [-0.1, -0.05) is 42.5 Å². The molecule has 6 rings (SSSR count). The zero-order valence-corrected chi connectivity index (χ0v) is 15.7. The van der Waals surface area contributed by atoms with Gasteiger partial charge in [0.05, 0.1) is 11.6 Å². The number of phenols is 1. The van der Waals surface area contributed by atoms with E-state index < -0.39 is 0 Å². The Bertz CT molecular complexity index is 858. The van der Waals surface area contributed by atoms with Crippen molar-refractivity contribution in [2.45, 2.75) is 37.8 Å². The van der Waals surface area contributed by atoms with Gasteiger partial charge >= 0.3 is 0 Å². The maximum Gasteiger partial charge on any atom is 0.257 e. The highest BCUT2D eigenvalue weighted by atomic mass is 16.3. The lowest BCUT2D eigenvalue weighted by Crippen LogP contribution is -2.60. The number of aromatic hydroxyl groups is 1. The van der Waals surface area contributed by atoms with Crippen LogP contribution in [0.25, 0.3) is 0 Å². The fourth-order valence-electron chi connectivity index (χ4n) is 5.63. The number of hydrogen-bond donors (Lipinski definition) is 1. The molecule has 2 aromatic carbocycles. The first-order valence-corrected chi connectivity index (χ1v) is 10.0. The van der Waals surface area contributed by atoms with Gasteiger partial charge in [-0.15, -0.1) is 0 Å². The van der Waals surface area contributed by atoms with E-state index in [1.807, 2.05) is 19.1 Å². The first kappa shape index (κ1) is 16.8. The third-order valence-corrected chi connectivity index (χ3v) is 6.95. The second kappa shape index (κ2) is 6.38. The molecule has 3 atom stereocenters. The second-order valence-corrected chi connectivity index (χ2v) is 8.30. The van der Waals surface area contributed by atoms with Crippen molar-refractivity contribution in [3.63, 3.8) is 0 Å². The number of benzene rings is 2. The number of likely N-dealkylation sites (tertiary alicyclic amines) is 1. The van der Waals surface area contributed by atoms with Gasteiger partial charge in [0.2, 0.25) is 0 Å². The first-order chi connectivity index (χ1) is 13.1. The van der Waals surface area contributed by atoms with Crippen molar-refractivity contribution >= 4 is 5.91 Å². The van der Waals surface area contributed by atoms with Crippen molar-refractivity contribution in [2.24, 2.45) is 5.92 Å². The van der Waals surface area contributed by atoms with E-state index in [0.29, 0.717) is 23.4 Å². The van der Waals surface area contributed by atoms with E-state index in [4.69, 9.17) is 0 Å². The van der Waals surface area contributed by atoms with Gasteiger partial charge in [0.1, 0.15) is 5.75 Å². The predicted octanol–water partition coefficient (Wildman–Crippen LogP) is 3.40. The minimum atomic E-state index is -0.0154. The fourth-order valence-corrected chi connectivity index (χ4v) is 5.63. The van der Waals surface area contributed by atoms with E-state index in [1.165, 1.54) is 18.4 Å². The van der Waals surface area contributed by atoms with E-state index in [-0.39, 0.29) is 17.7 Å². The second-order valence-electron chi connectivity index (χ2n) is 8.30. The van der Waals surface area contributed by atoms with E-state index >= 15 is 0 Å². The standard InChI is InChI=1S/C23H26N2O2/c1-15-6-5-9-18(22(15)26)23(27)25-14-19(16-7-3-2-4-8-16)21-20(25)17-10-12-24(21)13-11-17/h2-9,17,19-21,26H,10-14H2,1H3/t19-,20+,21+/m0/s1. The third kappa shape index (κ3) is 2.58. The van der Waals surface area contributed by atoms with Crippen LogP contribution < -0.4 is 0 Å². The summed E-state index contributed by atoms with van der Waals surface area (Å²) >= 11 is 0. The first-order valence-electron chi connectivity index (χ1n) is 10.0. The highest BCUT2D eigenvalue weighted by Crippen LogP contribution is 2.47. The minimum Gasteiger partial charge on any atom is -0.507 e. The van der Waals surface area contributed by atoms with Crippen LogP contribution in [0.15, 0.2) is 48.5 Å². The summed E-state index contributed by atoms with van der Waals surface area (Å²) in [6, 6.07) is 16.8. The van der Waals surface area contributed by atoms with E-state index in [2.05, 4.69) is 40.1 Å². The quantitative estimate of drug-likeness (QED) is 0.890. The van der Waals surface area contributed by atoms with Gasteiger partial charge in [-0.05, 0) is 56.0 Å². The Morgan fingerprint density at radius 3 is 2.48 bits per heavy atom. The van der Waals surface area contributed by atoms with Crippen LogP contribution in [0.1, 0.15) is 40.2 Å². The Morgan fingerprint density at radius 1 is 1.00 bits per heavy atom. The number of carbonyl (C=O) groups excluding carboxylic acids is 1. The van der Waals surface area contributed by atoms with Crippen molar-refractivity contribution in [3.8, 4) is 5.75 Å². The number of phenolic OH excluding ortho intramolecular Hbond substituents is 1. The number of piperidine rings is 3. The number of rotatable bonds is 2. The number of nitrogens with zero attached hydrogens (tertiary/aromatic N) is 2. The predicted molar refractivity (Wildman–Crippen MR) is 105 cm³/mol. The Kier molecular flexibility index (Phi) is 3.97. The molecule has 4 heteroatoms. The molecule has 1 amide bonds. The molecule has 4 heterocycles. The van der Waals surface area contributed by atoms with E-state index in [1.54, 1.807) is 6.07 Å². The molecule has 0 aromatic heterocycles. The number of carbonyl (C=O) groups is 1. The van der Waals surface area contributed by atoms with Crippen LogP contribution in [-0.4, -0.2) is 52.5 Å². The van der Waals surface area contributed by atoms with Crippen LogP contribution in [0.3, 0.4) is 0 Å². The molecule has 0 radical (unpaired) electrons. The third-order valence-electron chi connectivity index (χ3n) is 6.95. The van der Waals surface area contributed by atoms with Crippen LogP contribution in [0.2, 0.25) is 0 Å². The minimum absolute atomic E-state index is 0.0154. The number of fused-ring (bicyclic) bond motifs is 2. The Balaban J connectivity index is 1.55. The molecular weight excluding hydrogens is 336 g/mol. The van der Waals surface area contributed by atoms with Gasteiger partial charge in [-0.3, -0.25) is 9.69 Å². The summed E-state index contributed by atoms with van der Waals surface area (Å²) < 4.78 is 0. The van der Waals surface area contributed by atoms with Crippen molar-refractivity contribution < 1.29 is 9.90 Å². The normalized spacial score (nSPS) is 31.7. The lowest BCUT2D eigenvalue weighted by Gasteiger charge is -2.51. The van der Waals surface area contributed by atoms with E-state index in [9.17, 15) is 9.90 Å². The fraction of sp³-hybridized carbons (Fsp3) is 0.435. The van der Waals surface area contributed by atoms with E-state index in [0.717, 1.165) is 25.2 Å². The molecule has 2 aromatic rings. The highest BCUT2D eigenvalue weighted by molar-refractivity contribution is 5.97. The SMILES string of the molecule is Cc1cccc(C(=O)N2C[C@@H](c3ccccc3)[C@@H]3[C@H]2C2CCN3CC2)c1O. The molecule has 27 heavy (non-hydrogen) atoms. The molecule has 2 bridgehead atoms. The molecule has 4 nitrogen and oxygen atoms in total. The Morgan fingerprint density at radius 2 is 1.74 bits per heavy atom. The van der Waals surface area contributed by atoms with Crippen LogP contribution in [0, 0.1) is 12.8 Å². The lowest BCUT2D eigenvalue weighted by molar-refractivity contribution is -0.00348. The zero-order chi connectivity index (χ0) is 18.5. The van der Waals surface area contributed by atoms with Gasteiger partial charge in [-0.2, -0.15) is 0 Å². The Hall–Kier alpha value is -2.33. The molecule has 140 valence electrons. The molecule has 4 aliphatic rings. The van der Waals surface area contributed by atoms with Gasteiger partial charge in [0, 0.05) is 18.5 Å². The average molecular weight is 362 g/mol. The molecule has 0 unspecified atom stereocenters. The monoisotopic (exact) mass is 362 g/mol. The topological polar surface area (TPSA) is 43.8 Å². The highest BCUT2D eigenvalue weighted by Gasteiger charge is 2.54. The molecule has 0 saturated carbocycles. The van der Waals surface area contributed by atoms with Crippen LogP contribution >= 0.6 is 0 Å². The molecule has 1 N–H and O–H groups in total. The number of aryl methyl sites for hydroxylation is 1. The lowest BCUT2D eigenvalue weighted by atomic mass is 9.75. The molecule has 4 aliphatic heterocycles. The summed E-state index contributed by atoms with van der Waals surface area (Å²) in [7, 11) is 0. The number of amides is 1. The molecule has 4 fully saturated rings. The maximum absolute atomic E-state index is 13.5. The van der Waals surface area contributed by atoms with Gasteiger partial charge in [0.15, 0.2) is 0 Å². The van der Waals surface area contributed by atoms with Crippen molar-refractivity contribution in [1.29, 1.82) is 0 Å². The van der Waals surface area contributed by atoms with Crippen molar-refractivity contribution in [1.82, 2.24) is 9.80 Å². The van der Waals surface area contributed by atoms with Crippen LogP contribution in [0.4, 0.5) is 0 Å². The van der Waals surface area contributed by atoms with Crippen molar-refractivity contribution in [2.75, 3.05) is 19.6 Å². The summed E-state index contributed by atoms with van der Waals surface area (Å²) in [4.78, 5) is 18.2. The summed E-state index contributed by atoms with van der Waals surface area (Å²) in [5.74, 6) is 1.03. The van der Waals surface area contributed by atoms with Gasteiger partial charge in [0.25, 0.3) is 5.91 Å². The smallest absolute Gasteiger partial charge is 0.257 e. The largest absolute Gasteiger partial charge is 0.507 e. The van der Waals surface area contributed by atoms with Crippen LogP contribution in [-0.2, 0) is 0 Å². The van der Waals surface area contributed by atoms with Crippen LogP contribution in [0.5, 0.6) is 5.75 Å². The number of hydrogen-bond acceptors (Lipinski definition) is 3. The Labute approximate surface area is 160 Å². The van der Waals surface area contributed by atoms with Gasteiger partial charge < -0.3 is 10.0 Å². The van der Waals surface area contributed by atoms with Gasteiger partial charge in [-0.25, -0.2) is 0 Å². The average Bonchev–Trinajstić information content (AvgIpc) is 3.14. The summed E-state index contributed by atoms with van der Waals surface area (Å²) in [6.45, 7) is 4.87. The molecular formula is C23H26N2O2. The summed E-state index contributed by atoms with van der Waals surface area (Å²) in [5, 5.41) is 10.5. The summed E-state index contributed by atoms with van der Waals surface area (Å²) in [5.41, 5.74) is 2.52. The summed E-state index contributed by atoms with van der Waals surface area (Å²) in [6.07, 6.45) is 2.35. The number of para-hydroxylation sites is 1.